The molecule has 33 heavy (non-hydrogen) atoms. The summed E-state index contributed by atoms with van der Waals surface area (Å²) in [5, 5.41) is 0. The molecule has 0 saturated heterocycles. The van der Waals surface area contributed by atoms with Gasteiger partial charge in [0.05, 0.1) is 0 Å². The zero-order chi connectivity index (χ0) is 23.3. The van der Waals surface area contributed by atoms with Crippen molar-refractivity contribution in [3.8, 4) is 0 Å². The maximum absolute atomic E-state index is 2.36. The third-order valence-electron chi connectivity index (χ3n) is 8.80. The van der Waals surface area contributed by atoms with Gasteiger partial charge in [0, 0.05) is 0 Å². The summed E-state index contributed by atoms with van der Waals surface area (Å²) in [5.41, 5.74) is 9.84. The predicted molar refractivity (Wildman–Crippen MR) is 137 cm³/mol. The minimum atomic E-state index is 0. The van der Waals surface area contributed by atoms with E-state index in [0.29, 0.717) is 22.7 Å². The Kier molecular flexibility index (Phi) is 18.3. The molecule has 2 aromatic rings. The number of halogens is 2. The largest absolute Gasteiger partial charge is 4.00 e. The van der Waals surface area contributed by atoms with Gasteiger partial charge in [-0.3, -0.25) is 0 Å². The van der Waals surface area contributed by atoms with Gasteiger partial charge in [-0.25, -0.2) is 12.1 Å². The van der Waals surface area contributed by atoms with Crippen LogP contribution >= 0.6 is 0 Å². The van der Waals surface area contributed by atoms with Crippen molar-refractivity contribution in [1.82, 2.24) is 0 Å². The molecule has 2 rings (SSSR count). The number of hydrogen-bond acceptors (Lipinski definition) is 0. The summed E-state index contributed by atoms with van der Waals surface area (Å²) in [6.07, 6.45) is 4.97. The van der Waals surface area contributed by atoms with Crippen LogP contribution in [0, 0.1) is 39.5 Å². The Hall–Kier alpha value is 0.163. The van der Waals surface area contributed by atoms with Gasteiger partial charge in [0.15, 0.2) is 0 Å². The number of aryl methyl sites for hydroxylation is 2. The average molecular weight is 573 g/mol. The molecule has 0 unspecified atom stereocenters. The van der Waals surface area contributed by atoms with Gasteiger partial charge in [-0.15, -0.1) is 0 Å². The van der Waals surface area contributed by atoms with Gasteiger partial charge in [-0.1, -0.05) is 120 Å². The molecule has 0 aliphatic rings. The van der Waals surface area contributed by atoms with Crippen LogP contribution in [0.2, 0.25) is 0 Å². The van der Waals surface area contributed by atoms with Crippen LogP contribution in [-0.4, -0.2) is 0 Å². The Morgan fingerprint density at radius 2 is 0.879 bits per heavy atom. The molecular weight excluding hydrogens is 522 g/mol. The molecule has 0 heterocycles. The van der Waals surface area contributed by atoms with E-state index in [1.165, 1.54) is 47.9 Å². The summed E-state index contributed by atoms with van der Waals surface area (Å²) in [4.78, 5) is 0. The fraction of sp³-hybridized carbons (Fsp3) is 0.667. The fourth-order valence-electron chi connectivity index (χ4n) is 5.94. The summed E-state index contributed by atoms with van der Waals surface area (Å²) in [7, 11) is 0. The molecule has 0 radical (unpaired) electrons. The van der Waals surface area contributed by atoms with E-state index >= 15 is 0 Å². The second-order valence-electron chi connectivity index (χ2n) is 10.1. The van der Waals surface area contributed by atoms with E-state index in [0.717, 1.165) is 0 Å². The summed E-state index contributed by atoms with van der Waals surface area (Å²) in [6.45, 7) is 27.7. The van der Waals surface area contributed by atoms with E-state index in [4.69, 9.17) is 0 Å². The fourth-order valence-corrected chi connectivity index (χ4v) is 5.94. The third-order valence-corrected chi connectivity index (χ3v) is 8.80. The first-order valence-corrected chi connectivity index (χ1v) is 12.5. The normalized spacial score (nSPS) is 11.3. The molecule has 0 nitrogen and oxygen atoms in total. The van der Waals surface area contributed by atoms with Crippen LogP contribution in [0.5, 0.6) is 0 Å². The first-order valence-electron chi connectivity index (χ1n) is 12.5. The predicted octanol–water partition coefficient (Wildman–Crippen LogP) is 3.48. The maximum Gasteiger partial charge on any atom is 4.00 e. The second-order valence-corrected chi connectivity index (χ2v) is 10.1. The van der Waals surface area contributed by atoms with Crippen LogP contribution in [-0.2, 0) is 37.0 Å². The van der Waals surface area contributed by atoms with E-state index in [9.17, 15) is 0 Å². The molecule has 0 N–H and O–H groups in total. The van der Waals surface area contributed by atoms with Crippen LogP contribution in [0.4, 0.5) is 0 Å². The molecule has 3 heteroatoms. The van der Waals surface area contributed by atoms with Gasteiger partial charge in [0.1, 0.15) is 0 Å². The molecule has 0 aromatic heterocycles. The zero-order valence-electron chi connectivity index (χ0n) is 23.5. The standard InChI is InChI=1S/2C15H25.2ClH.Zr/c2*1-7-15(8-2,11(3)4)14-10-9-12(5)13(14)6;;;/h2*9-11H,7-8H2,1-6H3;2*1H;/q2*-1;;;+4/p-2. The van der Waals surface area contributed by atoms with E-state index in [2.05, 4.69) is 107 Å². The maximum atomic E-state index is 2.36. The zero-order valence-corrected chi connectivity index (χ0v) is 27.5. The van der Waals surface area contributed by atoms with E-state index < -0.39 is 0 Å². The smallest absolute Gasteiger partial charge is 1.00 e. The molecule has 0 saturated carbocycles. The minimum absolute atomic E-state index is 0. The summed E-state index contributed by atoms with van der Waals surface area (Å²) in [6, 6.07) is 9.23. The summed E-state index contributed by atoms with van der Waals surface area (Å²) in [5.74, 6) is 1.43. The van der Waals surface area contributed by atoms with Gasteiger partial charge in [-0.2, -0.15) is 45.5 Å². The molecule has 0 aliphatic heterocycles. The van der Waals surface area contributed by atoms with Crippen molar-refractivity contribution < 1.29 is 51.0 Å². The van der Waals surface area contributed by atoms with Gasteiger partial charge < -0.3 is 24.8 Å². The van der Waals surface area contributed by atoms with Crippen molar-refractivity contribution in [3.63, 3.8) is 0 Å². The van der Waals surface area contributed by atoms with Crippen molar-refractivity contribution in [3.05, 3.63) is 57.6 Å². The van der Waals surface area contributed by atoms with Crippen LogP contribution < -0.4 is 24.8 Å². The van der Waals surface area contributed by atoms with Crippen LogP contribution in [0.15, 0.2) is 24.3 Å². The monoisotopic (exact) mass is 570 g/mol. The van der Waals surface area contributed by atoms with Crippen LogP contribution in [0.25, 0.3) is 0 Å². The first-order chi connectivity index (χ1) is 14.0. The van der Waals surface area contributed by atoms with Gasteiger partial charge in [-0.05, 0) is 11.8 Å². The second kappa shape index (κ2) is 16.0. The van der Waals surface area contributed by atoms with E-state index in [1.807, 2.05) is 0 Å². The Balaban J connectivity index is -0.000000500. The topological polar surface area (TPSA) is 0 Å². The van der Waals surface area contributed by atoms with E-state index in [1.54, 1.807) is 11.1 Å². The number of hydrogen-bond donors (Lipinski definition) is 0. The van der Waals surface area contributed by atoms with Gasteiger partial charge >= 0.3 is 26.2 Å². The first kappa shape index (κ1) is 37.7. The Bertz CT molecular complexity index is 705. The van der Waals surface area contributed by atoms with Crippen molar-refractivity contribution in [2.75, 3.05) is 0 Å². The van der Waals surface area contributed by atoms with Crippen molar-refractivity contribution in [2.45, 2.75) is 120 Å². The minimum Gasteiger partial charge on any atom is -1.00 e. The molecule has 0 amide bonds. The third kappa shape index (κ3) is 7.57. The van der Waals surface area contributed by atoms with Gasteiger partial charge in [0.25, 0.3) is 0 Å². The van der Waals surface area contributed by atoms with Gasteiger partial charge in [0.2, 0.25) is 0 Å². The van der Waals surface area contributed by atoms with Crippen molar-refractivity contribution in [1.29, 1.82) is 0 Å². The average Bonchev–Trinajstić information content (AvgIpc) is 3.22. The molecular formula is C30H50Cl2Zr. The quantitative estimate of drug-likeness (QED) is 0.425. The molecule has 0 bridgehead atoms. The Labute approximate surface area is 238 Å². The van der Waals surface area contributed by atoms with E-state index in [-0.39, 0.29) is 51.0 Å². The molecule has 0 atom stereocenters. The summed E-state index contributed by atoms with van der Waals surface area (Å²) < 4.78 is 0. The molecule has 0 fully saturated rings. The molecule has 188 valence electrons. The SMILES string of the molecule is CCC(CC)(c1cc[c-](C)c1C)C(C)C.CCC(CC)(c1cc[c-](C)c1C)C(C)C.[Cl-].[Cl-].[Zr+4]. The molecule has 0 spiro atoms. The van der Waals surface area contributed by atoms with Crippen LogP contribution in [0.3, 0.4) is 0 Å². The number of rotatable bonds is 8. The Morgan fingerprint density at radius 1 is 0.636 bits per heavy atom. The van der Waals surface area contributed by atoms with Crippen LogP contribution in [0.1, 0.15) is 114 Å². The Morgan fingerprint density at radius 3 is 1.00 bits per heavy atom. The van der Waals surface area contributed by atoms with Crippen molar-refractivity contribution in [2.24, 2.45) is 11.8 Å². The molecule has 2 aromatic carbocycles. The molecule has 0 aliphatic carbocycles. The summed E-state index contributed by atoms with van der Waals surface area (Å²) >= 11 is 0. The van der Waals surface area contributed by atoms with Crippen molar-refractivity contribution >= 4 is 0 Å².